The zero-order chi connectivity index (χ0) is 34.8. The number of ether oxygens (including phenoxy) is 4. The van der Waals surface area contributed by atoms with Crippen LogP contribution in [0.2, 0.25) is 0 Å². The van der Waals surface area contributed by atoms with Crippen LogP contribution in [0, 0.1) is 0 Å². The minimum absolute atomic E-state index is 0.0833. The van der Waals surface area contributed by atoms with Gasteiger partial charge in [0.2, 0.25) is 0 Å². The van der Waals surface area contributed by atoms with Crippen LogP contribution < -0.4 is 4.74 Å². The number of carbonyl (C=O) groups excluding carboxylic acids is 1. The van der Waals surface area contributed by atoms with E-state index in [0.29, 0.717) is 37.6 Å². The van der Waals surface area contributed by atoms with E-state index in [4.69, 9.17) is 34.0 Å². The number of aliphatic hydroxyl groups excluding tert-OH is 2. The summed E-state index contributed by atoms with van der Waals surface area (Å²) in [4.78, 5) is 8.00. The molecular formula is C37H50F2O7. The molecule has 2 rings (SSSR count). The summed E-state index contributed by atoms with van der Waals surface area (Å²) >= 11 is 0. The molecule has 0 amide bonds. The number of benzene rings is 1. The molecule has 0 aliphatic heterocycles. The number of halogens is 2. The Morgan fingerprint density at radius 3 is 2.24 bits per heavy atom. The predicted molar refractivity (Wildman–Crippen MR) is 183 cm³/mol. The van der Waals surface area contributed by atoms with E-state index < -0.39 is 6.08 Å². The van der Waals surface area contributed by atoms with Crippen molar-refractivity contribution in [3.8, 4) is 5.75 Å². The first-order chi connectivity index (χ1) is 22.4. The van der Waals surface area contributed by atoms with Gasteiger partial charge in [0, 0.05) is 7.11 Å². The molecule has 9 heteroatoms. The number of rotatable bonds is 16. The summed E-state index contributed by atoms with van der Waals surface area (Å²) < 4.78 is 47.3. The highest BCUT2D eigenvalue weighted by Gasteiger charge is 2.08. The summed E-state index contributed by atoms with van der Waals surface area (Å²) in [6.45, 7) is 14.1. The fourth-order valence-electron chi connectivity index (χ4n) is 3.42. The largest absolute Gasteiger partial charge is 0.493 e. The Morgan fingerprint density at radius 1 is 0.913 bits per heavy atom. The number of aliphatic hydroxyl groups is 2. The van der Waals surface area contributed by atoms with Crippen molar-refractivity contribution in [1.82, 2.24) is 0 Å². The minimum Gasteiger partial charge on any atom is -0.493 e. The molecule has 0 bridgehead atoms. The number of hydrogen-bond donors (Lipinski definition) is 2. The Hall–Kier alpha value is -4.31. The molecule has 0 atom stereocenters. The van der Waals surface area contributed by atoms with E-state index in [2.05, 4.69) is 13.2 Å². The first-order valence-corrected chi connectivity index (χ1v) is 14.9. The van der Waals surface area contributed by atoms with Crippen molar-refractivity contribution >= 4 is 12.4 Å². The molecule has 1 aromatic carbocycles. The van der Waals surface area contributed by atoms with Gasteiger partial charge in [-0.05, 0) is 66.3 Å². The summed E-state index contributed by atoms with van der Waals surface area (Å²) in [5.41, 5.74) is 2.84. The first-order valence-electron chi connectivity index (χ1n) is 14.9. The van der Waals surface area contributed by atoms with E-state index >= 15 is 0 Å². The van der Waals surface area contributed by atoms with Crippen LogP contribution in [0.3, 0.4) is 0 Å². The maximum absolute atomic E-state index is 12.6. The van der Waals surface area contributed by atoms with Gasteiger partial charge in [-0.1, -0.05) is 81.2 Å². The third-order valence-electron chi connectivity index (χ3n) is 5.38. The third kappa shape index (κ3) is 23.1. The fraction of sp³-hybridized carbons (Fsp3) is 0.324. The maximum atomic E-state index is 12.6. The van der Waals surface area contributed by atoms with Gasteiger partial charge in [0.05, 0.1) is 19.8 Å². The van der Waals surface area contributed by atoms with E-state index in [1.54, 1.807) is 7.11 Å². The smallest absolute Gasteiger partial charge is 0.266 e. The number of unbranched alkanes of at least 4 members (excludes halogenated alkanes) is 1. The van der Waals surface area contributed by atoms with Gasteiger partial charge in [0.1, 0.15) is 43.9 Å². The summed E-state index contributed by atoms with van der Waals surface area (Å²) in [5, 5.41) is 16.8. The van der Waals surface area contributed by atoms with Crippen LogP contribution in [0.1, 0.15) is 38.7 Å². The van der Waals surface area contributed by atoms with Crippen LogP contribution in [0.5, 0.6) is 5.75 Å². The fourth-order valence-corrected chi connectivity index (χ4v) is 3.42. The van der Waals surface area contributed by atoms with E-state index in [9.17, 15) is 8.78 Å². The van der Waals surface area contributed by atoms with Gasteiger partial charge in [0.25, 0.3) is 6.08 Å². The van der Waals surface area contributed by atoms with Crippen LogP contribution in [0.15, 0.2) is 127 Å². The van der Waals surface area contributed by atoms with Crippen LogP contribution in [0.4, 0.5) is 8.78 Å². The van der Waals surface area contributed by atoms with Crippen molar-refractivity contribution in [2.75, 3.05) is 46.8 Å². The Kier molecular flexibility index (Phi) is 30.6. The van der Waals surface area contributed by atoms with Crippen molar-refractivity contribution in [3.63, 3.8) is 0 Å². The molecule has 1 aromatic rings. The zero-order valence-electron chi connectivity index (χ0n) is 27.3. The molecule has 0 heterocycles. The predicted octanol–water partition coefficient (Wildman–Crippen LogP) is 8.08. The van der Waals surface area contributed by atoms with E-state index in [1.165, 1.54) is 6.08 Å². The zero-order valence-corrected chi connectivity index (χ0v) is 27.3. The second-order valence-electron chi connectivity index (χ2n) is 8.59. The second kappa shape index (κ2) is 32.1. The Labute approximate surface area is 273 Å². The van der Waals surface area contributed by atoms with E-state index in [-0.39, 0.29) is 38.6 Å². The van der Waals surface area contributed by atoms with Crippen LogP contribution in [-0.2, 0) is 19.0 Å². The van der Waals surface area contributed by atoms with Crippen molar-refractivity contribution in [1.29, 1.82) is 0 Å². The molecular weight excluding hydrogens is 594 g/mol. The van der Waals surface area contributed by atoms with Crippen LogP contribution >= 0.6 is 0 Å². The third-order valence-corrected chi connectivity index (χ3v) is 5.38. The summed E-state index contributed by atoms with van der Waals surface area (Å²) in [5.74, 6) is 1.58. The molecule has 0 saturated carbocycles. The van der Waals surface area contributed by atoms with E-state index in [1.807, 2.05) is 99.6 Å². The molecule has 46 heavy (non-hydrogen) atoms. The topological polar surface area (TPSA) is 94.5 Å². The standard InChI is InChI=1S/C31H36F2O5.C3H6O.C2H6.CH2O/c1-25(24-34)36-21-22-37-28-13-6-4-3-5-7-15-30(26(17-18-28)11-8-9-16-31(32)33)27-12-10-14-29(23-27)38-20-19-35-2;1-2-3-4;2*1-2/h3-7,10,12-18,23,34H,1,8-9,11,19-22,24H2,2H3;2,4H,1,3H2;1-2H3;1H2/b4-3?,5-3+,6-4-,7-5?,13-6?,15-7-,18-17+,26-17?,28-13+,28-18?,30-15?,30-26+;;;. The number of carbonyl (C=O) groups is 1. The van der Waals surface area contributed by atoms with Gasteiger partial charge in [-0.25, -0.2) is 0 Å². The highest BCUT2D eigenvalue weighted by molar-refractivity contribution is 5.79. The molecule has 7 nitrogen and oxygen atoms in total. The Morgan fingerprint density at radius 2 is 1.59 bits per heavy atom. The van der Waals surface area contributed by atoms with Gasteiger partial charge in [-0.3, -0.25) is 0 Å². The lowest BCUT2D eigenvalue weighted by Crippen LogP contribution is -2.05. The number of hydrogen-bond acceptors (Lipinski definition) is 7. The second-order valence-corrected chi connectivity index (χ2v) is 8.59. The summed E-state index contributed by atoms with van der Waals surface area (Å²) in [6.07, 6.45) is 19.2. The highest BCUT2D eigenvalue weighted by Crippen LogP contribution is 2.28. The molecule has 0 aromatic heterocycles. The van der Waals surface area contributed by atoms with Gasteiger partial charge in [0.15, 0.2) is 0 Å². The molecule has 2 N–H and O–H groups in total. The molecule has 1 aliphatic carbocycles. The minimum atomic E-state index is -1.67. The molecule has 1 aliphatic rings. The maximum Gasteiger partial charge on any atom is 0.266 e. The lowest BCUT2D eigenvalue weighted by atomic mass is 9.94. The van der Waals surface area contributed by atoms with Gasteiger partial charge in [-0.2, -0.15) is 8.78 Å². The molecule has 0 fully saturated rings. The normalized spacial score (nSPS) is 17.3. The Bertz CT molecular complexity index is 1170. The molecule has 254 valence electrons. The lowest BCUT2D eigenvalue weighted by Gasteiger charge is -2.13. The number of methoxy groups -OCH3 is 1. The summed E-state index contributed by atoms with van der Waals surface area (Å²) in [6, 6.07) is 7.75. The van der Waals surface area contributed by atoms with Crippen molar-refractivity contribution in [2.24, 2.45) is 0 Å². The molecule has 0 radical (unpaired) electrons. The van der Waals surface area contributed by atoms with Gasteiger partial charge in [-0.15, -0.1) is 6.58 Å². The van der Waals surface area contributed by atoms with Crippen molar-refractivity contribution in [2.45, 2.75) is 33.1 Å². The van der Waals surface area contributed by atoms with Gasteiger partial charge < -0.3 is 34.0 Å². The monoisotopic (exact) mass is 644 g/mol. The molecule has 0 saturated heterocycles. The van der Waals surface area contributed by atoms with Crippen molar-refractivity contribution < 1.29 is 42.7 Å². The lowest BCUT2D eigenvalue weighted by molar-refractivity contribution is -0.0980. The van der Waals surface area contributed by atoms with Crippen LogP contribution in [0.25, 0.3) is 5.57 Å². The van der Waals surface area contributed by atoms with Gasteiger partial charge >= 0.3 is 0 Å². The number of allylic oxidation sites excluding steroid dienone is 12. The average Bonchev–Trinajstić information content (AvgIpc) is 3.08. The first kappa shape index (κ1) is 43.8. The quantitative estimate of drug-likeness (QED) is 0.107. The average molecular weight is 645 g/mol. The van der Waals surface area contributed by atoms with Crippen molar-refractivity contribution in [3.05, 3.63) is 133 Å². The highest BCUT2D eigenvalue weighted by atomic mass is 19.3. The summed E-state index contributed by atoms with van der Waals surface area (Å²) in [7, 11) is 1.62. The molecule has 0 spiro atoms. The van der Waals surface area contributed by atoms with Crippen LogP contribution in [-0.4, -0.2) is 63.8 Å². The molecule has 0 unspecified atom stereocenters. The Balaban J connectivity index is 0. The SMILES string of the molecule is C=C(CO)OCCOC1=C/C=C\C=C\C=C/C(c2cccc(OCCOC)c2)=C(CCCC=C(F)F)\C=C\1.C=CCO.C=O.CC. The van der Waals surface area contributed by atoms with E-state index in [0.717, 1.165) is 22.8 Å².